The largest absolute Gasteiger partial charge is 0.497 e. The molecule has 0 saturated heterocycles. The number of halogens is 3. The first-order chi connectivity index (χ1) is 17.3. The number of hydrogen-bond donors (Lipinski definition) is 2. The van der Waals surface area contributed by atoms with E-state index in [0.29, 0.717) is 17.0 Å². The van der Waals surface area contributed by atoms with Crippen molar-refractivity contribution in [3.63, 3.8) is 0 Å². The molecule has 10 heteroatoms. The van der Waals surface area contributed by atoms with E-state index in [1.165, 1.54) is 18.3 Å². The van der Waals surface area contributed by atoms with Crippen LogP contribution >= 0.6 is 0 Å². The number of amides is 1. The van der Waals surface area contributed by atoms with Gasteiger partial charge < -0.3 is 10.1 Å². The summed E-state index contributed by atoms with van der Waals surface area (Å²) in [5, 5.41) is 11.4. The summed E-state index contributed by atoms with van der Waals surface area (Å²) in [7, 11) is 1.59. The van der Waals surface area contributed by atoms with Crippen LogP contribution in [0.25, 0.3) is 16.9 Å². The molecule has 0 bridgehead atoms. The molecule has 0 aliphatic heterocycles. The van der Waals surface area contributed by atoms with Crippen LogP contribution < -0.4 is 15.5 Å². The molecule has 0 atom stereocenters. The van der Waals surface area contributed by atoms with E-state index in [1.54, 1.807) is 18.0 Å². The fourth-order valence-electron chi connectivity index (χ4n) is 3.37. The van der Waals surface area contributed by atoms with Crippen LogP contribution in [0.15, 0.2) is 90.2 Å². The molecule has 0 saturated carbocycles. The van der Waals surface area contributed by atoms with Gasteiger partial charge in [-0.3, -0.25) is 4.79 Å². The minimum atomic E-state index is -4.46. The van der Waals surface area contributed by atoms with Crippen LogP contribution in [0.4, 0.5) is 18.9 Å². The number of para-hydroxylation sites is 1. The first kappa shape index (κ1) is 24.5. The topological polar surface area (TPSA) is 80.5 Å². The molecule has 184 valence electrons. The number of anilines is 1. The summed E-state index contributed by atoms with van der Waals surface area (Å²) in [5.74, 6) is 0.183. The number of nitrogens with one attached hydrogen (secondary N) is 2. The van der Waals surface area contributed by atoms with Crippen molar-refractivity contribution in [2.45, 2.75) is 6.18 Å². The smallest absolute Gasteiger partial charge is 0.416 e. The van der Waals surface area contributed by atoms with E-state index in [4.69, 9.17) is 4.74 Å². The summed E-state index contributed by atoms with van der Waals surface area (Å²) in [5.41, 5.74) is 4.72. The van der Waals surface area contributed by atoms with E-state index in [1.807, 2.05) is 54.6 Å². The molecule has 4 rings (SSSR count). The highest BCUT2D eigenvalue weighted by atomic mass is 19.4. The Kier molecular flexibility index (Phi) is 7.33. The zero-order chi connectivity index (χ0) is 25.5. The average molecular weight is 493 g/mol. The normalized spacial score (nSPS) is 11.4. The Morgan fingerprint density at radius 2 is 1.81 bits per heavy atom. The van der Waals surface area contributed by atoms with Crippen molar-refractivity contribution in [3.05, 3.63) is 96.2 Å². The third kappa shape index (κ3) is 6.09. The number of hydrogen-bond acceptors (Lipinski definition) is 5. The highest BCUT2D eigenvalue weighted by Gasteiger charge is 2.30. The van der Waals surface area contributed by atoms with Crippen LogP contribution in [0, 0.1) is 0 Å². The quantitative estimate of drug-likeness (QED) is 0.264. The van der Waals surface area contributed by atoms with Gasteiger partial charge >= 0.3 is 6.18 Å². The molecule has 0 unspecified atom stereocenters. The molecule has 4 aromatic rings. The molecule has 0 fully saturated rings. The van der Waals surface area contributed by atoms with Gasteiger partial charge in [0.05, 0.1) is 31.1 Å². The van der Waals surface area contributed by atoms with Crippen molar-refractivity contribution in [3.8, 4) is 22.7 Å². The van der Waals surface area contributed by atoms with Gasteiger partial charge in [0.2, 0.25) is 0 Å². The predicted molar refractivity (Wildman–Crippen MR) is 131 cm³/mol. The molecule has 1 heterocycles. The number of alkyl halides is 3. The van der Waals surface area contributed by atoms with Gasteiger partial charge in [-0.1, -0.05) is 24.3 Å². The number of methoxy groups -OCH3 is 1. The van der Waals surface area contributed by atoms with Crippen molar-refractivity contribution in [1.82, 2.24) is 15.2 Å². The van der Waals surface area contributed by atoms with Crippen molar-refractivity contribution in [2.75, 3.05) is 19.0 Å². The summed E-state index contributed by atoms with van der Waals surface area (Å²) in [6.07, 6.45) is -1.21. The number of benzene rings is 3. The number of hydrazone groups is 1. The second-order valence-electron chi connectivity index (χ2n) is 7.67. The van der Waals surface area contributed by atoms with Gasteiger partial charge in [0.25, 0.3) is 5.91 Å². The van der Waals surface area contributed by atoms with Crippen molar-refractivity contribution in [2.24, 2.45) is 5.10 Å². The predicted octanol–water partition coefficient (Wildman–Crippen LogP) is 5.13. The summed E-state index contributed by atoms with van der Waals surface area (Å²) < 4.78 is 45.5. The average Bonchev–Trinajstić information content (AvgIpc) is 3.32. The fourth-order valence-corrected chi connectivity index (χ4v) is 3.37. The molecule has 36 heavy (non-hydrogen) atoms. The molecule has 0 spiro atoms. The first-order valence-electron chi connectivity index (χ1n) is 10.9. The van der Waals surface area contributed by atoms with E-state index >= 15 is 0 Å². The monoisotopic (exact) mass is 493 g/mol. The minimum absolute atomic E-state index is 0.176. The molecule has 1 aromatic heterocycles. The van der Waals surface area contributed by atoms with Gasteiger partial charge in [-0.05, 0) is 54.6 Å². The Balaban J connectivity index is 1.47. The Labute approximate surface area is 205 Å². The zero-order valence-corrected chi connectivity index (χ0v) is 19.2. The molecule has 7 nitrogen and oxygen atoms in total. The molecular formula is C26H22F3N5O2. The third-order valence-corrected chi connectivity index (χ3v) is 5.16. The zero-order valence-electron chi connectivity index (χ0n) is 19.2. The third-order valence-electron chi connectivity index (χ3n) is 5.16. The second-order valence-corrected chi connectivity index (χ2v) is 7.67. The molecular weight excluding hydrogens is 471 g/mol. The summed E-state index contributed by atoms with van der Waals surface area (Å²) in [6.45, 7) is -0.257. The molecule has 0 radical (unpaired) electrons. The van der Waals surface area contributed by atoms with Gasteiger partial charge in [0, 0.05) is 23.0 Å². The van der Waals surface area contributed by atoms with Gasteiger partial charge in [-0.15, -0.1) is 0 Å². The lowest BCUT2D eigenvalue weighted by Gasteiger charge is -2.10. The van der Waals surface area contributed by atoms with Gasteiger partial charge in [-0.2, -0.15) is 23.4 Å². The van der Waals surface area contributed by atoms with E-state index < -0.39 is 17.6 Å². The Morgan fingerprint density at radius 1 is 1.06 bits per heavy atom. The van der Waals surface area contributed by atoms with Crippen LogP contribution in [-0.4, -0.2) is 35.6 Å². The van der Waals surface area contributed by atoms with Crippen molar-refractivity contribution in [1.29, 1.82) is 0 Å². The molecule has 3 aromatic carbocycles. The first-order valence-corrected chi connectivity index (χ1v) is 10.9. The Morgan fingerprint density at radius 3 is 2.50 bits per heavy atom. The SMILES string of the molecule is COc1ccc(-c2nn(-c3ccccc3)cc2C=NNC(=O)CNc2cccc(C(F)(F)F)c2)cc1. The van der Waals surface area contributed by atoms with Crippen molar-refractivity contribution >= 4 is 17.8 Å². The van der Waals surface area contributed by atoms with E-state index in [9.17, 15) is 18.0 Å². The number of carbonyl (C=O) groups excluding carboxylic acids is 1. The second kappa shape index (κ2) is 10.8. The number of carbonyl (C=O) groups is 1. The Bertz CT molecular complexity index is 1350. The maximum absolute atomic E-state index is 12.9. The van der Waals surface area contributed by atoms with Crippen molar-refractivity contribution < 1.29 is 22.7 Å². The maximum Gasteiger partial charge on any atom is 0.416 e. The van der Waals surface area contributed by atoms with Crippen LogP contribution in [0.5, 0.6) is 5.75 Å². The molecule has 1 amide bonds. The van der Waals surface area contributed by atoms with Crippen LogP contribution in [0.2, 0.25) is 0 Å². The van der Waals surface area contributed by atoms with E-state index in [0.717, 1.165) is 23.4 Å². The molecule has 0 aliphatic rings. The highest BCUT2D eigenvalue weighted by molar-refractivity contribution is 5.90. The fraction of sp³-hybridized carbons (Fsp3) is 0.115. The number of aromatic nitrogens is 2. The van der Waals surface area contributed by atoms with Crippen LogP contribution in [0.3, 0.4) is 0 Å². The lowest BCUT2D eigenvalue weighted by atomic mass is 10.1. The van der Waals surface area contributed by atoms with Crippen LogP contribution in [0.1, 0.15) is 11.1 Å². The minimum Gasteiger partial charge on any atom is -0.497 e. The maximum atomic E-state index is 12.9. The summed E-state index contributed by atoms with van der Waals surface area (Å²) in [4.78, 5) is 12.2. The number of rotatable bonds is 8. The van der Waals surface area contributed by atoms with Gasteiger partial charge in [0.15, 0.2) is 0 Å². The standard InChI is InChI=1S/C26H22F3N5O2/c1-36-23-12-10-18(11-13-23)25-19(17-34(33-25)22-8-3-2-4-9-22)15-31-32-24(35)16-30-21-7-5-6-20(14-21)26(27,28)29/h2-15,17,30H,16H2,1H3,(H,32,35). The summed E-state index contributed by atoms with van der Waals surface area (Å²) >= 11 is 0. The summed E-state index contributed by atoms with van der Waals surface area (Å²) in [6, 6.07) is 21.5. The number of ether oxygens (including phenoxy) is 1. The molecule has 2 N–H and O–H groups in total. The van der Waals surface area contributed by atoms with E-state index in [2.05, 4.69) is 20.9 Å². The number of nitrogens with zero attached hydrogens (tertiary/aromatic N) is 3. The highest BCUT2D eigenvalue weighted by Crippen LogP contribution is 2.30. The molecule has 0 aliphatic carbocycles. The van der Waals surface area contributed by atoms with E-state index in [-0.39, 0.29) is 12.2 Å². The lowest BCUT2D eigenvalue weighted by molar-refractivity contribution is -0.137. The van der Waals surface area contributed by atoms with Gasteiger partial charge in [0.1, 0.15) is 11.4 Å². The van der Waals surface area contributed by atoms with Gasteiger partial charge in [-0.25, -0.2) is 10.1 Å². The van der Waals surface area contributed by atoms with Crippen LogP contribution in [-0.2, 0) is 11.0 Å². The Hall–Kier alpha value is -4.60. The lowest BCUT2D eigenvalue weighted by Crippen LogP contribution is -2.26.